The van der Waals surface area contributed by atoms with E-state index in [1.54, 1.807) is 0 Å². The molecule has 2 aromatic rings. The molecule has 4 nitrogen and oxygen atoms in total. The highest BCUT2D eigenvalue weighted by Gasteiger charge is 2.17. The molecule has 0 heterocycles. The fourth-order valence-corrected chi connectivity index (χ4v) is 2.17. The Bertz CT molecular complexity index is 658. The summed E-state index contributed by atoms with van der Waals surface area (Å²) in [5.41, 5.74) is 1.05. The maximum Gasteiger partial charge on any atom is 0.261 e. The van der Waals surface area contributed by atoms with Gasteiger partial charge in [0.2, 0.25) is 0 Å². The number of rotatable bonds is 8. The minimum absolute atomic E-state index is 0.213. The van der Waals surface area contributed by atoms with Crippen LogP contribution in [0.5, 0.6) is 11.5 Å². The van der Waals surface area contributed by atoms with Crippen LogP contribution in [0.4, 0.5) is 4.39 Å². The first-order chi connectivity index (χ1) is 11.6. The highest BCUT2D eigenvalue weighted by atomic mass is 19.1. The standard InChI is InChI=1S/C19H22FNO3/c1-3-17(24-16-10-8-15(20)9-11-16)19(22)21-12-13-23-18-7-5-4-6-14(18)2/h4-11,17H,3,12-13H2,1-2H3,(H,21,22)/t17-/m0/s1. The molecule has 2 aromatic carbocycles. The Morgan fingerprint density at radius 3 is 2.54 bits per heavy atom. The van der Waals surface area contributed by atoms with E-state index in [-0.39, 0.29) is 11.7 Å². The van der Waals surface area contributed by atoms with E-state index in [0.29, 0.717) is 25.3 Å². The number of carbonyl (C=O) groups is 1. The van der Waals surface area contributed by atoms with Crippen LogP contribution >= 0.6 is 0 Å². The number of hydrogen-bond acceptors (Lipinski definition) is 3. The van der Waals surface area contributed by atoms with Gasteiger partial charge in [0.15, 0.2) is 6.10 Å². The molecule has 0 aliphatic rings. The normalized spacial score (nSPS) is 11.6. The zero-order valence-electron chi connectivity index (χ0n) is 13.9. The fourth-order valence-electron chi connectivity index (χ4n) is 2.17. The minimum atomic E-state index is -0.617. The van der Waals surface area contributed by atoms with E-state index in [1.165, 1.54) is 24.3 Å². The molecular formula is C19H22FNO3. The van der Waals surface area contributed by atoms with Gasteiger partial charge in [-0.25, -0.2) is 4.39 Å². The average molecular weight is 331 g/mol. The Morgan fingerprint density at radius 1 is 1.17 bits per heavy atom. The first-order valence-corrected chi connectivity index (χ1v) is 7.98. The second-order valence-corrected chi connectivity index (χ2v) is 5.37. The quantitative estimate of drug-likeness (QED) is 0.753. The van der Waals surface area contributed by atoms with Gasteiger partial charge in [-0.05, 0) is 49.2 Å². The summed E-state index contributed by atoms with van der Waals surface area (Å²) >= 11 is 0. The van der Waals surface area contributed by atoms with Crippen LogP contribution in [0.25, 0.3) is 0 Å². The SMILES string of the molecule is CC[C@H](Oc1ccc(F)cc1)C(=O)NCCOc1ccccc1C. The fraction of sp³-hybridized carbons (Fsp3) is 0.316. The van der Waals surface area contributed by atoms with Crippen LogP contribution in [0, 0.1) is 12.7 Å². The maximum atomic E-state index is 12.9. The van der Waals surface area contributed by atoms with Crippen molar-refractivity contribution in [2.24, 2.45) is 0 Å². The molecule has 0 aliphatic heterocycles. The summed E-state index contributed by atoms with van der Waals surface area (Å²) in [6, 6.07) is 13.3. The first kappa shape index (κ1) is 17.8. The first-order valence-electron chi connectivity index (χ1n) is 7.98. The summed E-state index contributed by atoms with van der Waals surface area (Å²) in [5, 5.41) is 2.79. The zero-order chi connectivity index (χ0) is 17.4. The van der Waals surface area contributed by atoms with Crippen molar-refractivity contribution >= 4 is 5.91 Å². The molecule has 0 aliphatic carbocycles. The Balaban J connectivity index is 1.77. The van der Waals surface area contributed by atoms with Gasteiger partial charge in [0.05, 0.1) is 6.54 Å². The molecular weight excluding hydrogens is 309 g/mol. The van der Waals surface area contributed by atoms with Crippen LogP contribution in [-0.2, 0) is 4.79 Å². The molecule has 0 spiro atoms. The molecule has 24 heavy (non-hydrogen) atoms. The smallest absolute Gasteiger partial charge is 0.261 e. The lowest BCUT2D eigenvalue weighted by Crippen LogP contribution is -2.39. The van der Waals surface area contributed by atoms with Crippen LogP contribution < -0.4 is 14.8 Å². The van der Waals surface area contributed by atoms with Gasteiger partial charge in [0.25, 0.3) is 5.91 Å². The van der Waals surface area contributed by atoms with Crippen LogP contribution in [0.2, 0.25) is 0 Å². The number of para-hydroxylation sites is 1. The van der Waals surface area contributed by atoms with Crippen molar-refractivity contribution in [2.45, 2.75) is 26.4 Å². The van der Waals surface area contributed by atoms with Crippen LogP contribution in [0.15, 0.2) is 48.5 Å². The molecule has 0 bridgehead atoms. The third kappa shape index (κ3) is 5.26. The summed E-state index contributed by atoms with van der Waals surface area (Å²) < 4.78 is 24.1. The van der Waals surface area contributed by atoms with E-state index in [1.807, 2.05) is 38.1 Å². The van der Waals surface area contributed by atoms with E-state index in [0.717, 1.165) is 11.3 Å². The summed E-state index contributed by atoms with van der Waals surface area (Å²) in [4.78, 5) is 12.2. The van der Waals surface area contributed by atoms with Crippen molar-refractivity contribution in [3.63, 3.8) is 0 Å². The number of halogens is 1. The van der Waals surface area contributed by atoms with Gasteiger partial charge in [-0.15, -0.1) is 0 Å². The van der Waals surface area contributed by atoms with Gasteiger partial charge in [-0.3, -0.25) is 4.79 Å². The van der Waals surface area contributed by atoms with Gasteiger partial charge in [0.1, 0.15) is 23.9 Å². The molecule has 0 saturated carbocycles. The lowest BCUT2D eigenvalue weighted by atomic mass is 10.2. The number of ether oxygens (including phenoxy) is 2. The average Bonchev–Trinajstić information content (AvgIpc) is 2.59. The van der Waals surface area contributed by atoms with Crippen molar-refractivity contribution in [2.75, 3.05) is 13.2 Å². The van der Waals surface area contributed by atoms with E-state index in [2.05, 4.69) is 5.32 Å². The molecule has 1 N–H and O–H groups in total. The molecule has 0 aromatic heterocycles. The van der Waals surface area contributed by atoms with E-state index in [9.17, 15) is 9.18 Å². The molecule has 0 unspecified atom stereocenters. The van der Waals surface area contributed by atoms with Crippen molar-refractivity contribution < 1.29 is 18.7 Å². The molecule has 5 heteroatoms. The van der Waals surface area contributed by atoms with E-state index < -0.39 is 6.10 Å². The molecule has 128 valence electrons. The Hall–Kier alpha value is -2.56. The summed E-state index contributed by atoms with van der Waals surface area (Å²) in [6.45, 7) is 4.59. The number of aryl methyl sites for hydroxylation is 1. The van der Waals surface area contributed by atoms with Gasteiger partial charge in [-0.1, -0.05) is 25.1 Å². The number of amides is 1. The van der Waals surface area contributed by atoms with Crippen molar-refractivity contribution in [3.05, 3.63) is 59.9 Å². The predicted octanol–water partition coefficient (Wildman–Crippen LogP) is 3.49. The summed E-state index contributed by atoms with van der Waals surface area (Å²) in [5.74, 6) is 0.722. The molecule has 0 fully saturated rings. The third-order valence-corrected chi connectivity index (χ3v) is 3.51. The third-order valence-electron chi connectivity index (χ3n) is 3.51. The Kier molecular flexibility index (Phi) is 6.61. The van der Waals surface area contributed by atoms with Gasteiger partial charge >= 0.3 is 0 Å². The van der Waals surface area contributed by atoms with Gasteiger partial charge in [0, 0.05) is 0 Å². The van der Waals surface area contributed by atoms with E-state index in [4.69, 9.17) is 9.47 Å². The molecule has 0 saturated heterocycles. The molecule has 0 radical (unpaired) electrons. The maximum absolute atomic E-state index is 12.9. The topological polar surface area (TPSA) is 47.6 Å². The van der Waals surface area contributed by atoms with Crippen LogP contribution in [0.1, 0.15) is 18.9 Å². The highest BCUT2D eigenvalue weighted by Crippen LogP contribution is 2.16. The number of nitrogens with one attached hydrogen (secondary N) is 1. The number of benzene rings is 2. The highest BCUT2D eigenvalue weighted by molar-refractivity contribution is 5.81. The Labute approximate surface area is 141 Å². The van der Waals surface area contributed by atoms with Gasteiger partial charge < -0.3 is 14.8 Å². The van der Waals surface area contributed by atoms with Crippen molar-refractivity contribution in [1.82, 2.24) is 5.32 Å². The predicted molar refractivity (Wildman–Crippen MR) is 90.8 cm³/mol. The molecule has 1 atom stereocenters. The van der Waals surface area contributed by atoms with Crippen LogP contribution in [-0.4, -0.2) is 25.2 Å². The zero-order valence-corrected chi connectivity index (χ0v) is 13.9. The second kappa shape index (κ2) is 8.91. The van der Waals surface area contributed by atoms with Gasteiger partial charge in [-0.2, -0.15) is 0 Å². The lowest BCUT2D eigenvalue weighted by Gasteiger charge is -2.17. The van der Waals surface area contributed by atoms with Crippen molar-refractivity contribution in [1.29, 1.82) is 0 Å². The molecule has 2 rings (SSSR count). The van der Waals surface area contributed by atoms with Crippen molar-refractivity contribution in [3.8, 4) is 11.5 Å². The van der Waals surface area contributed by atoms with Crippen LogP contribution in [0.3, 0.4) is 0 Å². The Morgan fingerprint density at radius 2 is 1.88 bits per heavy atom. The largest absolute Gasteiger partial charge is 0.491 e. The monoisotopic (exact) mass is 331 g/mol. The summed E-state index contributed by atoms with van der Waals surface area (Å²) in [6.07, 6.45) is -0.101. The minimum Gasteiger partial charge on any atom is -0.491 e. The second-order valence-electron chi connectivity index (χ2n) is 5.37. The van der Waals surface area contributed by atoms with E-state index >= 15 is 0 Å². The molecule has 1 amide bonds. The lowest BCUT2D eigenvalue weighted by molar-refractivity contribution is -0.128. The number of carbonyl (C=O) groups excluding carboxylic acids is 1. The number of hydrogen-bond donors (Lipinski definition) is 1. The summed E-state index contributed by atoms with van der Waals surface area (Å²) in [7, 11) is 0.